The van der Waals surface area contributed by atoms with Gasteiger partial charge in [0.1, 0.15) is 6.10 Å². The Morgan fingerprint density at radius 2 is 2.16 bits per heavy atom. The van der Waals surface area contributed by atoms with Crippen molar-refractivity contribution >= 4 is 29.9 Å². The van der Waals surface area contributed by atoms with Gasteiger partial charge in [-0.1, -0.05) is 5.16 Å². The van der Waals surface area contributed by atoms with Gasteiger partial charge in [0.15, 0.2) is 11.8 Å². The van der Waals surface area contributed by atoms with Crippen LogP contribution in [-0.4, -0.2) is 72.6 Å². The maximum Gasteiger partial charge on any atom is 0.228 e. The van der Waals surface area contributed by atoms with Crippen molar-refractivity contribution in [3.8, 4) is 0 Å². The van der Waals surface area contributed by atoms with E-state index in [9.17, 15) is 0 Å². The first-order valence-corrected chi connectivity index (χ1v) is 8.82. The van der Waals surface area contributed by atoms with Crippen LogP contribution in [0.2, 0.25) is 0 Å². The zero-order chi connectivity index (χ0) is 16.8. The summed E-state index contributed by atoms with van der Waals surface area (Å²) in [5.41, 5.74) is 0. The summed E-state index contributed by atoms with van der Waals surface area (Å²) in [6.45, 7) is 8.56. The summed E-state index contributed by atoms with van der Waals surface area (Å²) in [7, 11) is 0. The first kappa shape index (κ1) is 20.4. The Hall–Kier alpha value is -0.940. The maximum atomic E-state index is 5.91. The second kappa shape index (κ2) is 10.3. The number of morpholine rings is 1. The standard InChI is InChI=1S/C16H27N5O3.HI/c1-3-17-16(18-7-6-15-19-12(2)20-24-15)21-8-10-23-14(11-21)13-5-4-9-22-13;/h13-14H,3-11H2,1-2H3,(H,17,18);1H. The molecule has 1 N–H and O–H groups in total. The maximum absolute atomic E-state index is 5.91. The van der Waals surface area contributed by atoms with Crippen LogP contribution in [0, 0.1) is 6.92 Å². The number of halogens is 1. The molecule has 3 heterocycles. The number of hydrogen-bond donors (Lipinski definition) is 1. The van der Waals surface area contributed by atoms with Crippen LogP contribution in [0.15, 0.2) is 9.52 Å². The second-order valence-corrected chi connectivity index (χ2v) is 6.13. The molecule has 0 spiro atoms. The zero-order valence-electron chi connectivity index (χ0n) is 14.9. The van der Waals surface area contributed by atoms with E-state index in [4.69, 9.17) is 19.0 Å². The van der Waals surface area contributed by atoms with Crippen molar-refractivity contribution in [1.29, 1.82) is 0 Å². The molecule has 2 aliphatic rings. The number of rotatable bonds is 5. The molecule has 2 fully saturated rings. The summed E-state index contributed by atoms with van der Waals surface area (Å²) in [6, 6.07) is 0. The molecule has 1 aromatic heterocycles. The summed E-state index contributed by atoms with van der Waals surface area (Å²) in [5, 5.41) is 7.17. The lowest BCUT2D eigenvalue weighted by molar-refractivity contribution is -0.0817. The van der Waals surface area contributed by atoms with Crippen LogP contribution < -0.4 is 5.32 Å². The Balaban J connectivity index is 0.00000225. The van der Waals surface area contributed by atoms with Crippen LogP contribution in [0.5, 0.6) is 0 Å². The molecular formula is C16H28IN5O3. The third-order valence-electron chi connectivity index (χ3n) is 4.26. The van der Waals surface area contributed by atoms with Crippen LogP contribution in [0.3, 0.4) is 0 Å². The summed E-state index contributed by atoms with van der Waals surface area (Å²) in [4.78, 5) is 11.2. The van der Waals surface area contributed by atoms with E-state index in [1.54, 1.807) is 0 Å². The highest BCUT2D eigenvalue weighted by atomic mass is 127. The predicted molar refractivity (Wildman–Crippen MR) is 104 cm³/mol. The minimum absolute atomic E-state index is 0. The number of aromatic nitrogens is 2. The molecule has 2 saturated heterocycles. The Morgan fingerprint density at radius 3 is 2.84 bits per heavy atom. The molecule has 0 aromatic carbocycles. The number of nitrogens with one attached hydrogen (secondary N) is 1. The molecule has 2 unspecified atom stereocenters. The first-order valence-electron chi connectivity index (χ1n) is 8.82. The van der Waals surface area contributed by atoms with Crippen molar-refractivity contribution < 1.29 is 14.0 Å². The van der Waals surface area contributed by atoms with Gasteiger partial charge in [-0.15, -0.1) is 24.0 Å². The van der Waals surface area contributed by atoms with Gasteiger partial charge in [-0.2, -0.15) is 4.98 Å². The fourth-order valence-corrected chi connectivity index (χ4v) is 3.11. The van der Waals surface area contributed by atoms with Crippen LogP contribution in [0.4, 0.5) is 0 Å². The van der Waals surface area contributed by atoms with Gasteiger partial charge in [0.2, 0.25) is 5.89 Å². The molecule has 9 heteroatoms. The van der Waals surface area contributed by atoms with Gasteiger partial charge in [-0.05, 0) is 26.7 Å². The number of aliphatic imine (C=N–C) groups is 1. The number of aryl methyl sites for hydroxylation is 1. The van der Waals surface area contributed by atoms with E-state index in [2.05, 4.69) is 27.3 Å². The quantitative estimate of drug-likeness (QED) is 0.400. The number of guanidine groups is 1. The third kappa shape index (κ3) is 5.78. The fraction of sp³-hybridized carbons (Fsp3) is 0.812. The van der Waals surface area contributed by atoms with Gasteiger partial charge in [0, 0.05) is 32.7 Å². The lowest BCUT2D eigenvalue weighted by Crippen LogP contribution is -2.53. The van der Waals surface area contributed by atoms with Crippen molar-refractivity contribution in [2.45, 2.75) is 45.3 Å². The second-order valence-electron chi connectivity index (χ2n) is 6.13. The van der Waals surface area contributed by atoms with Gasteiger partial charge in [-0.25, -0.2) is 0 Å². The molecule has 3 rings (SSSR count). The number of ether oxygens (including phenoxy) is 2. The summed E-state index contributed by atoms with van der Waals surface area (Å²) >= 11 is 0. The summed E-state index contributed by atoms with van der Waals surface area (Å²) in [5.74, 6) is 2.21. The average Bonchev–Trinajstić information content (AvgIpc) is 3.26. The van der Waals surface area contributed by atoms with E-state index in [1.165, 1.54) is 0 Å². The number of hydrogen-bond acceptors (Lipinski definition) is 6. The van der Waals surface area contributed by atoms with Crippen molar-refractivity contribution in [3.05, 3.63) is 11.7 Å². The van der Waals surface area contributed by atoms with E-state index in [-0.39, 0.29) is 36.2 Å². The monoisotopic (exact) mass is 465 g/mol. The van der Waals surface area contributed by atoms with Gasteiger partial charge in [-0.3, -0.25) is 4.99 Å². The Bertz CT molecular complexity index is 548. The molecule has 0 radical (unpaired) electrons. The number of nitrogens with zero attached hydrogens (tertiary/aromatic N) is 4. The van der Waals surface area contributed by atoms with E-state index in [1.807, 2.05) is 6.92 Å². The fourth-order valence-electron chi connectivity index (χ4n) is 3.11. The van der Waals surface area contributed by atoms with Crippen molar-refractivity contribution in [2.24, 2.45) is 4.99 Å². The minimum atomic E-state index is 0. The molecule has 142 valence electrons. The van der Waals surface area contributed by atoms with Crippen LogP contribution in [0.1, 0.15) is 31.5 Å². The molecular weight excluding hydrogens is 437 g/mol. The van der Waals surface area contributed by atoms with Gasteiger partial charge in [0.05, 0.1) is 19.3 Å². The highest BCUT2D eigenvalue weighted by molar-refractivity contribution is 14.0. The lowest BCUT2D eigenvalue weighted by Gasteiger charge is -2.37. The molecule has 8 nitrogen and oxygen atoms in total. The van der Waals surface area contributed by atoms with Crippen LogP contribution in [0.25, 0.3) is 0 Å². The molecule has 0 amide bonds. The molecule has 0 bridgehead atoms. The van der Waals surface area contributed by atoms with Crippen LogP contribution >= 0.6 is 24.0 Å². The van der Waals surface area contributed by atoms with E-state index in [0.717, 1.165) is 45.0 Å². The minimum Gasteiger partial charge on any atom is -0.375 e. The highest BCUT2D eigenvalue weighted by Gasteiger charge is 2.32. The first-order chi connectivity index (χ1) is 11.8. The molecule has 2 atom stereocenters. The van der Waals surface area contributed by atoms with E-state index in [0.29, 0.717) is 31.3 Å². The lowest BCUT2D eigenvalue weighted by atomic mass is 10.1. The summed E-state index contributed by atoms with van der Waals surface area (Å²) in [6.07, 6.45) is 3.21. The highest BCUT2D eigenvalue weighted by Crippen LogP contribution is 2.21. The molecule has 25 heavy (non-hydrogen) atoms. The molecule has 1 aromatic rings. The summed E-state index contributed by atoms with van der Waals surface area (Å²) < 4.78 is 16.8. The van der Waals surface area contributed by atoms with Crippen molar-refractivity contribution in [3.63, 3.8) is 0 Å². The van der Waals surface area contributed by atoms with Gasteiger partial charge in [0.25, 0.3) is 0 Å². The Kier molecular flexibility index (Phi) is 8.37. The predicted octanol–water partition coefficient (Wildman–Crippen LogP) is 1.38. The molecule has 0 aliphatic carbocycles. The van der Waals surface area contributed by atoms with E-state index >= 15 is 0 Å². The SMILES string of the molecule is CCNC(=NCCc1nc(C)no1)N1CCOC(C2CCCO2)C1.I. The molecule has 0 saturated carbocycles. The van der Waals surface area contributed by atoms with E-state index < -0.39 is 0 Å². The van der Waals surface area contributed by atoms with Gasteiger partial charge < -0.3 is 24.2 Å². The van der Waals surface area contributed by atoms with Crippen molar-refractivity contribution in [1.82, 2.24) is 20.4 Å². The third-order valence-corrected chi connectivity index (χ3v) is 4.26. The van der Waals surface area contributed by atoms with Gasteiger partial charge >= 0.3 is 0 Å². The Labute approximate surface area is 165 Å². The molecule has 2 aliphatic heterocycles. The largest absolute Gasteiger partial charge is 0.375 e. The zero-order valence-corrected chi connectivity index (χ0v) is 17.3. The Morgan fingerprint density at radius 1 is 1.32 bits per heavy atom. The smallest absolute Gasteiger partial charge is 0.228 e. The topological polar surface area (TPSA) is 85.0 Å². The normalized spacial score (nSPS) is 24.2. The van der Waals surface area contributed by atoms with Crippen LogP contribution in [-0.2, 0) is 15.9 Å². The average molecular weight is 465 g/mol. The van der Waals surface area contributed by atoms with Crippen molar-refractivity contribution in [2.75, 3.05) is 39.4 Å².